The van der Waals surface area contributed by atoms with Crippen molar-refractivity contribution in [3.05, 3.63) is 127 Å². The van der Waals surface area contributed by atoms with Gasteiger partial charge in [0.15, 0.2) is 0 Å². The van der Waals surface area contributed by atoms with E-state index in [2.05, 4.69) is 92.6 Å². The van der Waals surface area contributed by atoms with Crippen molar-refractivity contribution in [2.24, 2.45) is 0 Å². The van der Waals surface area contributed by atoms with Crippen LogP contribution in [0.2, 0.25) is 0 Å². The Balaban J connectivity index is -0.000000470. The van der Waals surface area contributed by atoms with E-state index in [9.17, 15) is 0 Å². The van der Waals surface area contributed by atoms with Crippen LogP contribution in [0.3, 0.4) is 0 Å². The van der Waals surface area contributed by atoms with E-state index in [0.29, 0.717) is 0 Å². The van der Waals surface area contributed by atoms with Gasteiger partial charge in [-0.3, -0.25) is 0 Å². The summed E-state index contributed by atoms with van der Waals surface area (Å²) >= 11 is 17.0. The van der Waals surface area contributed by atoms with Crippen molar-refractivity contribution in [2.75, 3.05) is 0 Å². The fraction of sp³-hybridized carbons (Fsp3) is 0.389. The predicted molar refractivity (Wildman–Crippen MR) is 190 cm³/mol. The second-order valence-corrected chi connectivity index (χ2v) is 10.5. The third-order valence-corrected chi connectivity index (χ3v) is 8.58. The molecule has 4 rings (SSSR count). The van der Waals surface area contributed by atoms with Gasteiger partial charge >= 0.3 is 0 Å². The maximum atomic E-state index is 4.82. The molecule has 2 radical (unpaired) electrons. The summed E-state index contributed by atoms with van der Waals surface area (Å²) in [5, 5.41) is 0. The Morgan fingerprint density at radius 2 is 0.667 bits per heavy atom. The minimum absolute atomic E-state index is 0. The van der Waals surface area contributed by atoms with Gasteiger partial charge in [-0.25, -0.2) is 0 Å². The molecule has 42 heavy (non-hydrogen) atoms. The van der Waals surface area contributed by atoms with Crippen LogP contribution in [0, 0.1) is 55.4 Å². The quantitative estimate of drug-likeness (QED) is 0.114. The summed E-state index contributed by atoms with van der Waals surface area (Å²) in [7, 11) is 0. The molecule has 0 unspecified atom stereocenters. The van der Waals surface area contributed by atoms with Crippen LogP contribution >= 0.6 is 0 Å². The molecule has 0 spiro atoms. The topological polar surface area (TPSA) is 0 Å². The van der Waals surface area contributed by atoms with Gasteiger partial charge in [-0.1, -0.05) is 154 Å². The summed E-state index contributed by atoms with van der Waals surface area (Å²) in [4.78, 5) is 0. The zero-order chi connectivity index (χ0) is 30.8. The summed E-state index contributed by atoms with van der Waals surface area (Å²) in [5.41, 5.74) is 17.5. The average molecular weight is 981 g/mol. The average Bonchev–Trinajstić information content (AvgIpc) is 3.32. The van der Waals surface area contributed by atoms with E-state index in [0.717, 1.165) is 11.5 Å². The zero-order valence-corrected chi connectivity index (χ0v) is 35.7. The number of hydrogen-bond donors (Lipinski definition) is 0. The van der Waals surface area contributed by atoms with E-state index in [-0.39, 0.29) is 40.8 Å². The smallest absolute Gasteiger partial charge is 0 e. The second kappa shape index (κ2) is 26.1. The number of benzene rings is 2. The Labute approximate surface area is 307 Å². The SMILES string of the molecule is CC[c-]1c(C)c(C)c(C)c1C.CC[c-]1c(C)c(C)c(C)c1C.[Re].[Re].[S-]Cc1ccccc1.[S-]Cc1ccccc1.[S-][S-]. The van der Waals surface area contributed by atoms with Crippen molar-refractivity contribution in [1.29, 1.82) is 0 Å². The molecule has 0 bridgehead atoms. The Morgan fingerprint density at radius 1 is 0.452 bits per heavy atom. The molecule has 0 heterocycles. The van der Waals surface area contributed by atoms with Crippen molar-refractivity contribution in [1.82, 2.24) is 0 Å². The Kier molecular flexibility index (Phi) is 28.8. The van der Waals surface area contributed by atoms with Crippen LogP contribution in [0.1, 0.15) is 80.6 Å². The predicted octanol–water partition coefficient (Wildman–Crippen LogP) is 9.86. The molecule has 6 heteroatoms. The summed E-state index contributed by atoms with van der Waals surface area (Å²) < 4.78 is 0. The van der Waals surface area contributed by atoms with Crippen molar-refractivity contribution < 1.29 is 40.8 Å². The van der Waals surface area contributed by atoms with E-state index < -0.39 is 0 Å². The van der Waals surface area contributed by atoms with Crippen molar-refractivity contribution >= 4 is 48.6 Å². The molecule has 0 N–H and O–H groups in total. The summed E-state index contributed by atoms with van der Waals surface area (Å²) in [6, 6.07) is 20.1. The molecule has 0 aliphatic heterocycles. The van der Waals surface area contributed by atoms with Gasteiger partial charge in [0.1, 0.15) is 0 Å². The van der Waals surface area contributed by atoms with Gasteiger partial charge in [0.05, 0.1) is 0 Å². The molecule has 0 atom stereocenters. The Morgan fingerprint density at radius 3 is 0.786 bits per heavy atom. The first-order chi connectivity index (χ1) is 19.0. The number of rotatable bonds is 4. The molecule has 0 aromatic heterocycles. The molecule has 0 fully saturated rings. The standard InChI is InChI=1S/2C11H17.2C7H8S.2Re.S2/c2*1-6-11-9(4)7(2)8(3)10(11)5;2*8-6-7-4-2-1-3-5-7;;;1-2/h2*6H2,1-5H3;2*1-5,8H,6H2;;;/q2*-1;;;;;-2/p-2. The van der Waals surface area contributed by atoms with Crippen LogP contribution in [-0.2, 0) is 114 Å². The molecule has 0 nitrogen and oxygen atoms in total. The van der Waals surface area contributed by atoms with Gasteiger partial charge in [0.25, 0.3) is 0 Å². The number of hydrogen-bond acceptors (Lipinski definition) is 4. The second-order valence-electron chi connectivity index (χ2n) is 9.92. The Hall–Kier alpha value is -0.135. The Bertz CT molecular complexity index is 1080. The van der Waals surface area contributed by atoms with Crippen LogP contribution < -0.4 is 0 Å². The van der Waals surface area contributed by atoms with Crippen molar-refractivity contribution in [3.63, 3.8) is 0 Å². The van der Waals surface area contributed by atoms with Gasteiger partial charge in [-0.2, -0.15) is 67.1 Å². The van der Waals surface area contributed by atoms with Gasteiger partial charge < -0.3 is 48.6 Å². The molecule has 0 aliphatic carbocycles. The zero-order valence-electron chi connectivity index (χ0n) is 27.0. The van der Waals surface area contributed by atoms with Gasteiger partial charge in [-0.05, 0) is 0 Å². The first-order valence-electron chi connectivity index (χ1n) is 13.9. The van der Waals surface area contributed by atoms with Crippen molar-refractivity contribution in [2.45, 2.75) is 93.6 Å². The van der Waals surface area contributed by atoms with Crippen molar-refractivity contribution in [3.8, 4) is 0 Å². The molecular weight excluding hydrogens is 933 g/mol. The molecule has 0 aliphatic rings. The summed E-state index contributed by atoms with van der Waals surface area (Å²) in [6.45, 7) is 22.3. The van der Waals surface area contributed by atoms with E-state index >= 15 is 0 Å². The molecule has 4 aromatic rings. The van der Waals surface area contributed by atoms with Gasteiger partial charge in [-0.15, -0.1) is 0 Å². The van der Waals surface area contributed by atoms with E-state index in [1.54, 1.807) is 11.1 Å². The van der Waals surface area contributed by atoms with Crippen LogP contribution in [0.4, 0.5) is 0 Å². The summed E-state index contributed by atoms with van der Waals surface area (Å²) in [5.74, 6) is 1.45. The van der Waals surface area contributed by atoms with E-state index in [1.807, 2.05) is 60.7 Å². The normalized spacial score (nSPS) is 9.19. The molecule has 236 valence electrons. The maximum absolute atomic E-state index is 4.82. The van der Waals surface area contributed by atoms with Gasteiger partial charge in [0.2, 0.25) is 0 Å². The molecule has 4 aromatic carbocycles. The fourth-order valence-electron chi connectivity index (χ4n) is 4.80. The molecule has 0 amide bonds. The molecule has 0 saturated carbocycles. The molecule has 0 saturated heterocycles. The van der Waals surface area contributed by atoms with E-state index in [1.165, 1.54) is 68.5 Å². The first-order valence-corrected chi connectivity index (χ1v) is 16.4. The van der Waals surface area contributed by atoms with E-state index in [4.69, 9.17) is 25.3 Å². The molecular formula is C36H48Re2S4-6. The van der Waals surface area contributed by atoms with Gasteiger partial charge in [0, 0.05) is 40.8 Å². The fourth-order valence-corrected chi connectivity index (χ4v) is 5.19. The monoisotopic (exact) mass is 982 g/mol. The third-order valence-electron chi connectivity index (χ3n) is 7.91. The minimum Gasteiger partial charge on any atom is -1.00 e. The van der Waals surface area contributed by atoms with Crippen LogP contribution in [0.5, 0.6) is 0 Å². The third kappa shape index (κ3) is 14.8. The maximum Gasteiger partial charge on any atom is 0 e. The van der Waals surface area contributed by atoms with Crippen LogP contribution in [0.25, 0.3) is 0 Å². The van der Waals surface area contributed by atoms with Crippen LogP contribution in [0.15, 0.2) is 60.7 Å². The summed E-state index contributed by atoms with van der Waals surface area (Å²) in [6.07, 6.45) is 2.35. The first kappa shape index (κ1) is 46.3. The minimum atomic E-state index is 0. The largest absolute Gasteiger partial charge is 1.00 e. The van der Waals surface area contributed by atoms with Crippen LogP contribution in [-0.4, -0.2) is 0 Å².